The van der Waals surface area contributed by atoms with Gasteiger partial charge in [-0.1, -0.05) is 29.4 Å². The van der Waals surface area contributed by atoms with Crippen LogP contribution in [0.5, 0.6) is 0 Å². The van der Waals surface area contributed by atoms with Crippen LogP contribution in [0.2, 0.25) is 0 Å². The molecular formula is C22H20FNO4S. The third-order valence-corrected chi connectivity index (χ3v) is 5.86. The van der Waals surface area contributed by atoms with Crippen molar-refractivity contribution < 1.29 is 22.1 Å². The third-order valence-electron chi connectivity index (χ3n) is 5.02. The predicted octanol–water partition coefficient (Wildman–Crippen LogP) is 4.06. The van der Waals surface area contributed by atoms with Gasteiger partial charge in [-0.25, -0.2) is 12.8 Å². The monoisotopic (exact) mass is 413 g/mol. The fourth-order valence-corrected chi connectivity index (χ4v) is 4.34. The fraction of sp³-hybridized carbons (Fsp3) is 0.273. The van der Waals surface area contributed by atoms with E-state index in [1.807, 2.05) is 0 Å². The van der Waals surface area contributed by atoms with Gasteiger partial charge in [0.25, 0.3) is 0 Å². The highest BCUT2D eigenvalue weighted by molar-refractivity contribution is 7.89. The number of rotatable bonds is 7. The van der Waals surface area contributed by atoms with Gasteiger partial charge >= 0.3 is 0 Å². The molecule has 0 unspecified atom stereocenters. The summed E-state index contributed by atoms with van der Waals surface area (Å²) in [4.78, 5) is 13.2. The summed E-state index contributed by atoms with van der Waals surface area (Å²) in [6.07, 6.45) is 4.76. The number of benzene rings is 2. The summed E-state index contributed by atoms with van der Waals surface area (Å²) >= 11 is 0. The smallest absolute Gasteiger partial charge is 0.198 e. The summed E-state index contributed by atoms with van der Waals surface area (Å²) < 4.78 is 42.8. The first kappa shape index (κ1) is 19.5. The minimum atomic E-state index is -3.23. The van der Waals surface area contributed by atoms with Gasteiger partial charge < -0.3 is 4.52 Å². The first-order valence-electron chi connectivity index (χ1n) is 9.34. The summed E-state index contributed by atoms with van der Waals surface area (Å²) in [5, 5.41) is 3.78. The molecule has 5 nitrogen and oxygen atoms in total. The molecule has 0 spiro atoms. The van der Waals surface area contributed by atoms with Crippen molar-refractivity contribution >= 4 is 15.6 Å². The molecule has 0 radical (unpaired) electrons. The Balaban J connectivity index is 1.72. The van der Waals surface area contributed by atoms with Gasteiger partial charge in [-0.05, 0) is 54.2 Å². The van der Waals surface area contributed by atoms with Crippen molar-refractivity contribution in [1.29, 1.82) is 0 Å². The molecule has 1 heterocycles. The van der Waals surface area contributed by atoms with Crippen LogP contribution in [0, 0.1) is 5.82 Å². The number of nitrogens with zero attached hydrogens (tertiary/aromatic N) is 1. The third kappa shape index (κ3) is 4.45. The average molecular weight is 413 g/mol. The zero-order chi connectivity index (χ0) is 20.6. The molecule has 29 heavy (non-hydrogen) atoms. The predicted molar refractivity (Wildman–Crippen MR) is 106 cm³/mol. The van der Waals surface area contributed by atoms with Crippen LogP contribution in [0.25, 0.3) is 0 Å². The summed E-state index contributed by atoms with van der Waals surface area (Å²) in [5.41, 5.74) is 2.65. The van der Waals surface area contributed by atoms with Gasteiger partial charge in [-0.15, -0.1) is 0 Å². The number of carbonyl (C=O) groups is 1. The van der Waals surface area contributed by atoms with Gasteiger partial charge in [0.05, 0.1) is 17.5 Å². The van der Waals surface area contributed by atoms with E-state index < -0.39 is 15.7 Å². The van der Waals surface area contributed by atoms with Crippen molar-refractivity contribution in [1.82, 2.24) is 5.16 Å². The number of sulfone groups is 1. The molecule has 150 valence electrons. The number of halogens is 1. The Morgan fingerprint density at radius 2 is 1.83 bits per heavy atom. The Bertz CT molecular complexity index is 1180. The van der Waals surface area contributed by atoms with Gasteiger partial charge in [0.1, 0.15) is 5.82 Å². The van der Waals surface area contributed by atoms with E-state index in [1.54, 1.807) is 24.3 Å². The molecular weight excluding hydrogens is 393 g/mol. The van der Waals surface area contributed by atoms with Crippen LogP contribution < -0.4 is 0 Å². The lowest BCUT2D eigenvalue weighted by molar-refractivity contribution is 0.103. The van der Waals surface area contributed by atoms with Crippen molar-refractivity contribution in [2.45, 2.75) is 30.9 Å². The topological polar surface area (TPSA) is 77.2 Å². The summed E-state index contributed by atoms with van der Waals surface area (Å²) in [6, 6.07) is 11.2. The Morgan fingerprint density at radius 3 is 2.52 bits per heavy atom. The Labute approximate surface area is 168 Å². The Hall–Kier alpha value is -2.80. The van der Waals surface area contributed by atoms with Crippen molar-refractivity contribution in [2.75, 3.05) is 6.26 Å². The second-order valence-electron chi connectivity index (χ2n) is 7.52. The minimum absolute atomic E-state index is 0.112. The standard InChI is InChI=1S/C22H20FNO4S/c1-29(26,27)13-16-5-3-2-4-15(16)10-17-11-18(23)8-9-19(17)21(25)20-12-24-28-22(20)14-6-7-14/h2-5,8-9,11-12,14H,6-7,10,13H2,1H3. The van der Waals surface area contributed by atoms with Crippen molar-refractivity contribution in [2.24, 2.45) is 0 Å². The highest BCUT2D eigenvalue weighted by Crippen LogP contribution is 2.42. The lowest BCUT2D eigenvalue weighted by Crippen LogP contribution is -2.09. The van der Waals surface area contributed by atoms with Crippen LogP contribution in [0.15, 0.2) is 53.2 Å². The normalized spacial score (nSPS) is 14.1. The van der Waals surface area contributed by atoms with Gasteiger partial charge in [0.2, 0.25) is 0 Å². The summed E-state index contributed by atoms with van der Waals surface area (Å²) in [7, 11) is -3.23. The SMILES string of the molecule is CS(=O)(=O)Cc1ccccc1Cc1cc(F)ccc1C(=O)c1cnoc1C1CC1. The lowest BCUT2D eigenvalue weighted by atomic mass is 9.92. The number of ketones is 1. The first-order chi connectivity index (χ1) is 13.8. The molecule has 0 bridgehead atoms. The summed E-state index contributed by atoms with van der Waals surface area (Å²) in [6.45, 7) is 0. The molecule has 0 aliphatic heterocycles. The largest absolute Gasteiger partial charge is 0.360 e. The maximum absolute atomic E-state index is 14.0. The van der Waals surface area contributed by atoms with Gasteiger partial charge in [-0.2, -0.15) is 0 Å². The quantitative estimate of drug-likeness (QED) is 0.546. The molecule has 1 aliphatic rings. The number of hydrogen-bond acceptors (Lipinski definition) is 5. The molecule has 3 aromatic rings. The molecule has 1 aliphatic carbocycles. The average Bonchev–Trinajstić information content (AvgIpc) is 3.38. The fourth-order valence-electron chi connectivity index (χ4n) is 3.49. The van der Waals surface area contributed by atoms with Crippen LogP contribution in [-0.4, -0.2) is 25.6 Å². The van der Waals surface area contributed by atoms with Crippen molar-refractivity contribution in [3.05, 3.63) is 88.1 Å². The lowest BCUT2D eigenvalue weighted by Gasteiger charge is -2.12. The highest BCUT2D eigenvalue weighted by Gasteiger charge is 2.33. The number of hydrogen-bond donors (Lipinski definition) is 0. The molecule has 7 heteroatoms. The second-order valence-corrected chi connectivity index (χ2v) is 9.66. The molecule has 1 fully saturated rings. The van der Waals surface area contributed by atoms with Gasteiger partial charge in [0, 0.05) is 17.7 Å². The van der Waals surface area contributed by atoms with Gasteiger partial charge in [-0.3, -0.25) is 4.79 Å². The van der Waals surface area contributed by atoms with Crippen LogP contribution in [-0.2, 0) is 22.0 Å². The van der Waals surface area contributed by atoms with Crippen molar-refractivity contribution in [3.63, 3.8) is 0 Å². The van der Waals surface area contributed by atoms with E-state index in [9.17, 15) is 17.6 Å². The van der Waals surface area contributed by atoms with E-state index in [0.29, 0.717) is 28.0 Å². The van der Waals surface area contributed by atoms with E-state index in [-0.39, 0.29) is 23.9 Å². The summed E-state index contributed by atoms with van der Waals surface area (Å²) in [5.74, 6) is -0.0218. The van der Waals surface area contributed by atoms with Crippen LogP contribution >= 0.6 is 0 Å². The first-order valence-corrected chi connectivity index (χ1v) is 11.4. The Morgan fingerprint density at radius 1 is 1.10 bits per heavy atom. The van der Waals surface area contributed by atoms with E-state index in [2.05, 4.69) is 5.16 Å². The minimum Gasteiger partial charge on any atom is -0.360 e. The molecule has 2 aromatic carbocycles. The Kier molecular flexibility index (Phi) is 5.08. The molecule has 1 saturated carbocycles. The molecule has 0 saturated heterocycles. The van der Waals surface area contributed by atoms with Gasteiger partial charge in [0.15, 0.2) is 21.4 Å². The maximum atomic E-state index is 14.0. The molecule has 4 rings (SSSR count). The zero-order valence-electron chi connectivity index (χ0n) is 15.9. The highest BCUT2D eigenvalue weighted by atomic mass is 32.2. The van der Waals surface area contributed by atoms with Crippen molar-refractivity contribution in [3.8, 4) is 0 Å². The number of aromatic nitrogens is 1. The van der Waals surface area contributed by atoms with Crippen LogP contribution in [0.1, 0.15) is 57.1 Å². The number of carbonyl (C=O) groups excluding carboxylic acids is 1. The van der Waals surface area contributed by atoms with Crippen LogP contribution in [0.4, 0.5) is 4.39 Å². The maximum Gasteiger partial charge on any atom is 0.198 e. The van der Waals surface area contributed by atoms with E-state index in [0.717, 1.165) is 18.4 Å². The van der Waals surface area contributed by atoms with E-state index in [4.69, 9.17) is 4.52 Å². The van der Waals surface area contributed by atoms with Crippen LogP contribution in [0.3, 0.4) is 0 Å². The van der Waals surface area contributed by atoms with E-state index >= 15 is 0 Å². The molecule has 1 aromatic heterocycles. The van der Waals surface area contributed by atoms with E-state index in [1.165, 1.54) is 30.7 Å². The molecule has 0 N–H and O–H groups in total. The zero-order valence-corrected chi connectivity index (χ0v) is 16.7. The molecule has 0 atom stereocenters. The second kappa shape index (κ2) is 7.55. The molecule has 0 amide bonds.